The lowest BCUT2D eigenvalue weighted by Crippen LogP contribution is -2.34. The Balaban J connectivity index is 1.62. The molecule has 0 saturated heterocycles. The summed E-state index contributed by atoms with van der Waals surface area (Å²) < 4.78 is 11.8. The first-order valence-corrected chi connectivity index (χ1v) is 12.0. The third-order valence-corrected chi connectivity index (χ3v) is 7.15. The first-order chi connectivity index (χ1) is 16.0. The Kier molecular flexibility index (Phi) is 7.17. The Morgan fingerprint density at radius 3 is 2.52 bits per heavy atom. The van der Waals surface area contributed by atoms with Crippen LogP contribution in [0, 0.1) is 10.1 Å². The molecule has 174 valence electrons. The molecule has 1 atom stereocenters. The van der Waals surface area contributed by atoms with Crippen molar-refractivity contribution >= 4 is 28.4 Å². The van der Waals surface area contributed by atoms with Gasteiger partial charge >= 0.3 is 5.24 Å². The smallest absolute Gasteiger partial charge is 0.302 e. The number of benzene rings is 2. The van der Waals surface area contributed by atoms with Crippen molar-refractivity contribution in [2.75, 3.05) is 7.11 Å². The van der Waals surface area contributed by atoms with Crippen LogP contribution in [0.15, 0.2) is 47.6 Å². The maximum Gasteiger partial charge on any atom is 0.302 e. The molecule has 8 nitrogen and oxygen atoms in total. The SMILES string of the molecule is CCC1SC(=O)N(Cc2ccc([N+](=O)[O-])cc2)N=C1c1ccc(OC)c(OC2CCCC2)c1. The van der Waals surface area contributed by atoms with E-state index < -0.39 is 4.92 Å². The second-order valence-electron chi connectivity index (χ2n) is 8.14. The molecule has 2 aromatic rings. The molecule has 33 heavy (non-hydrogen) atoms. The summed E-state index contributed by atoms with van der Waals surface area (Å²) in [5.74, 6) is 1.38. The lowest BCUT2D eigenvalue weighted by Gasteiger charge is -2.28. The number of carbonyl (C=O) groups is 1. The molecule has 0 radical (unpaired) electrons. The van der Waals surface area contributed by atoms with Gasteiger partial charge in [0.1, 0.15) is 0 Å². The van der Waals surface area contributed by atoms with Crippen molar-refractivity contribution < 1.29 is 19.2 Å². The summed E-state index contributed by atoms with van der Waals surface area (Å²) in [7, 11) is 1.63. The van der Waals surface area contributed by atoms with E-state index in [0.29, 0.717) is 11.5 Å². The Hall–Kier alpha value is -3.07. The molecule has 1 aliphatic carbocycles. The minimum atomic E-state index is -0.442. The molecule has 0 aromatic heterocycles. The van der Waals surface area contributed by atoms with Crippen molar-refractivity contribution in [3.63, 3.8) is 0 Å². The minimum absolute atomic E-state index is 0.0151. The van der Waals surface area contributed by atoms with Crippen LogP contribution < -0.4 is 9.47 Å². The number of hydrazone groups is 1. The lowest BCUT2D eigenvalue weighted by atomic mass is 10.0. The van der Waals surface area contributed by atoms with Crippen molar-refractivity contribution in [3.05, 3.63) is 63.7 Å². The fraction of sp³-hybridized carbons (Fsp3) is 0.417. The number of hydrogen-bond donors (Lipinski definition) is 0. The number of ether oxygens (including phenoxy) is 2. The third-order valence-electron chi connectivity index (χ3n) is 5.89. The summed E-state index contributed by atoms with van der Waals surface area (Å²) in [6, 6.07) is 12.0. The molecule has 0 bridgehead atoms. The Bertz CT molecular complexity index is 1050. The normalized spacial score (nSPS) is 18.8. The van der Waals surface area contributed by atoms with Gasteiger partial charge in [-0.05, 0) is 55.9 Å². The molecule has 1 amide bonds. The van der Waals surface area contributed by atoms with E-state index in [9.17, 15) is 14.9 Å². The molecule has 1 fully saturated rings. The molecule has 2 aliphatic rings. The molecule has 0 spiro atoms. The highest BCUT2D eigenvalue weighted by atomic mass is 32.2. The molecule has 4 rings (SSSR count). The van der Waals surface area contributed by atoms with Gasteiger partial charge in [0.15, 0.2) is 11.5 Å². The van der Waals surface area contributed by atoms with Crippen LogP contribution in [0.1, 0.15) is 50.2 Å². The molecular weight excluding hydrogens is 442 g/mol. The van der Waals surface area contributed by atoms with Crippen LogP contribution in [0.4, 0.5) is 10.5 Å². The number of carbonyl (C=O) groups excluding carboxylic acids is 1. The van der Waals surface area contributed by atoms with Crippen LogP contribution in [-0.2, 0) is 6.54 Å². The van der Waals surface area contributed by atoms with Gasteiger partial charge in [-0.15, -0.1) is 0 Å². The fourth-order valence-corrected chi connectivity index (χ4v) is 5.04. The molecule has 1 saturated carbocycles. The standard InChI is InChI=1S/C24H27N3O5S/c1-3-22-23(17-10-13-20(31-2)21(14-17)32-19-6-4-5-7-19)25-26(24(28)33-22)15-16-8-11-18(12-9-16)27(29)30/h8-14,19,22H,3-7,15H2,1-2H3. The number of nitro benzene ring substituents is 1. The highest BCUT2D eigenvalue weighted by molar-refractivity contribution is 8.14. The number of methoxy groups -OCH3 is 1. The zero-order valence-corrected chi connectivity index (χ0v) is 19.5. The number of nitro groups is 1. The van der Waals surface area contributed by atoms with Crippen molar-refractivity contribution in [2.45, 2.75) is 56.9 Å². The largest absolute Gasteiger partial charge is 0.493 e. The van der Waals surface area contributed by atoms with Gasteiger partial charge in [0, 0.05) is 17.7 Å². The van der Waals surface area contributed by atoms with E-state index in [1.807, 2.05) is 25.1 Å². The number of rotatable bonds is 8. The van der Waals surface area contributed by atoms with Gasteiger partial charge in [-0.1, -0.05) is 30.8 Å². The van der Waals surface area contributed by atoms with Gasteiger partial charge in [-0.2, -0.15) is 5.10 Å². The van der Waals surface area contributed by atoms with Crippen LogP contribution in [0.2, 0.25) is 0 Å². The zero-order chi connectivity index (χ0) is 23.4. The summed E-state index contributed by atoms with van der Waals surface area (Å²) >= 11 is 1.25. The number of hydrogen-bond acceptors (Lipinski definition) is 7. The molecule has 1 aliphatic heterocycles. The van der Waals surface area contributed by atoms with Gasteiger partial charge in [-0.3, -0.25) is 14.9 Å². The van der Waals surface area contributed by atoms with E-state index in [1.165, 1.54) is 41.7 Å². The molecular formula is C24H27N3O5S. The zero-order valence-electron chi connectivity index (χ0n) is 18.7. The predicted molar refractivity (Wildman–Crippen MR) is 128 cm³/mol. The molecule has 0 N–H and O–H groups in total. The summed E-state index contributed by atoms with van der Waals surface area (Å²) in [4.78, 5) is 23.2. The fourth-order valence-electron chi connectivity index (χ4n) is 4.10. The minimum Gasteiger partial charge on any atom is -0.493 e. The monoisotopic (exact) mass is 469 g/mol. The molecule has 9 heteroatoms. The second-order valence-corrected chi connectivity index (χ2v) is 9.29. The summed E-state index contributed by atoms with van der Waals surface area (Å²) in [5, 5.41) is 16.8. The van der Waals surface area contributed by atoms with E-state index in [4.69, 9.17) is 14.6 Å². The van der Waals surface area contributed by atoms with E-state index >= 15 is 0 Å². The second kappa shape index (κ2) is 10.2. The van der Waals surface area contributed by atoms with Crippen molar-refractivity contribution in [3.8, 4) is 11.5 Å². The third kappa shape index (κ3) is 5.30. The Labute approximate surface area is 197 Å². The maximum atomic E-state index is 12.7. The number of nitrogens with zero attached hydrogens (tertiary/aromatic N) is 3. The van der Waals surface area contributed by atoms with Gasteiger partial charge in [0.2, 0.25) is 0 Å². The summed E-state index contributed by atoms with van der Waals surface area (Å²) in [6.45, 7) is 2.28. The van der Waals surface area contributed by atoms with Crippen LogP contribution >= 0.6 is 11.8 Å². The Morgan fingerprint density at radius 2 is 1.88 bits per heavy atom. The van der Waals surface area contributed by atoms with E-state index in [0.717, 1.165) is 36.1 Å². The maximum absolute atomic E-state index is 12.7. The topological polar surface area (TPSA) is 94.3 Å². The van der Waals surface area contributed by atoms with Crippen molar-refractivity contribution in [2.24, 2.45) is 5.10 Å². The van der Waals surface area contributed by atoms with Crippen LogP contribution in [-0.4, -0.2) is 39.3 Å². The average molecular weight is 470 g/mol. The van der Waals surface area contributed by atoms with Crippen LogP contribution in [0.25, 0.3) is 0 Å². The predicted octanol–water partition coefficient (Wildman–Crippen LogP) is 5.78. The van der Waals surface area contributed by atoms with Gasteiger partial charge in [0.25, 0.3) is 5.69 Å². The number of thioether (sulfide) groups is 1. The number of non-ortho nitro benzene ring substituents is 1. The molecule has 1 unspecified atom stereocenters. The van der Waals surface area contributed by atoms with E-state index in [-0.39, 0.29) is 28.8 Å². The first kappa shape index (κ1) is 23.1. The van der Waals surface area contributed by atoms with E-state index in [1.54, 1.807) is 19.2 Å². The lowest BCUT2D eigenvalue weighted by molar-refractivity contribution is -0.384. The summed E-state index contributed by atoms with van der Waals surface area (Å²) in [6.07, 6.45) is 5.38. The molecule has 1 heterocycles. The van der Waals surface area contributed by atoms with Gasteiger partial charge in [-0.25, -0.2) is 5.01 Å². The van der Waals surface area contributed by atoms with Gasteiger partial charge in [0.05, 0.1) is 35.6 Å². The number of amides is 1. The van der Waals surface area contributed by atoms with Crippen molar-refractivity contribution in [1.29, 1.82) is 0 Å². The first-order valence-electron chi connectivity index (χ1n) is 11.1. The van der Waals surface area contributed by atoms with Crippen LogP contribution in [0.5, 0.6) is 11.5 Å². The highest BCUT2D eigenvalue weighted by Gasteiger charge is 2.31. The summed E-state index contributed by atoms with van der Waals surface area (Å²) in [5.41, 5.74) is 2.49. The van der Waals surface area contributed by atoms with E-state index in [2.05, 4.69) is 0 Å². The van der Waals surface area contributed by atoms with Crippen LogP contribution in [0.3, 0.4) is 0 Å². The van der Waals surface area contributed by atoms with Crippen molar-refractivity contribution in [1.82, 2.24) is 5.01 Å². The highest BCUT2D eigenvalue weighted by Crippen LogP contribution is 2.36. The quantitative estimate of drug-likeness (QED) is 0.359. The average Bonchev–Trinajstić information content (AvgIpc) is 3.33. The Morgan fingerprint density at radius 1 is 1.15 bits per heavy atom. The molecule has 2 aromatic carbocycles. The van der Waals surface area contributed by atoms with Gasteiger partial charge < -0.3 is 9.47 Å².